The maximum absolute atomic E-state index is 12.0. The number of ether oxygens (including phenoxy) is 1. The summed E-state index contributed by atoms with van der Waals surface area (Å²) in [6.45, 7) is 3.93. The van der Waals surface area contributed by atoms with Gasteiger partial charge in [-0.2, -0.15) is 0 Å². The molecule has 0 N–H and O–H groups in total. The summed E-state index contributed by atoms with van der Waals surface area (Å²) in [5.41, 5.74) is 0. The quantitative estimate of drug-likeness (QED) is 0.662. The number of carbonyl (C=O) groups excluding carboxylic acids is 1. The van der Waals surface area contributed by atoms with Crippen LogP contribution in [-0.4, -0.2) is 42.0 Å². The van der Waals surface area contributed by atoms with E-state index in [-0.39, 0.29) is 5.91 Å². The molecule has 0 aromatic carbocycles. The fourth-order valence-electron chi connectivity index (χ4n) is 2.86. The molecule has 0 radical (unpaired) electrons. The van der Waals surface area contributed by atoms with Crippen LogP contribution in [0.1, 0.15) is 32.6 Å². The van der Waals surface area contributed by atoms with Crippen LogP contribution in [0.5, 0.6) is 0 Å². The largest absolute Gasteiger partial charge is 0.379 e. The molecule has 16 heavy (non-hydrogen) atoms. The molecule has 4 heteroatoms. The van der Waals surface area contributed by atoms with E-state index in [0.29, 0.717) is 25.1 Å². The number of rotatable bonds is 1. The zero-order valence-corrected chi connectivity index (χ0v) is 10.6. The average Bonchev–Trinajstić information content (AvgIpc) is 2.50. The van der Waals surface area contributed by atoms with Crippen molar-refractivity contribution in [2.24, 2.45) is 5.92 Å². The van der Waals surface area contributed by atoms with Crippen molar-refractivity contribution >= 4 is 17.5 Å². The third kappa shape index (κ3) is 2.51. The van der Waals surface area contributed by atoms with Crippen molar-refractivity contribution in [2.75, 3.05) is 19.8 Å². The van der Waals surface area contributed by atoms with Gasteiger partial charge in [0.15, 0.2) is 0 Å². The number of carbonyl (C=O) groups is 1. The molecule has 0 aromatic heterocycles. The van der Waals surface area contributed by atoms with E-state index in [9.17, 15) is 4.79 Å². The smallest absolute Gasteiger partial charge is 0.240 e. The standard InChI is InChI=1S/C12H20ClNO2/c1-9(13)12(15)14-6-7-16-8-10-4-2-3-5-11(10)14/h9-11H,2-8H2,1H3. The van der Waals surface area contributed by atoms with Gasteiger partial charge in [0.25, 0.3) is 0 Å². The molecule has 3 nitrogen and oxygen atoms in total. The minimum Gasteiger partial charge on any atom is -0.379 e. The van der Waals surface area contributed by atoms with Crippen molar-refractivity contribution in [3.8, 4) is 0 Å². The molecular weight excluding hydrogens is 226 g/mol. The van der Waals surface area contributed by atoms with Crippen LogP contribution in [0.2, 0.25) is 0 Å². The number of alkyl halides is 1. The Balaban J connectivity index is 2.11. The van der Waals surface area contributed by atoms with Gasteiger partial charge in [0.05, 0.1) is 13.2 Å². The third-order valence-electron chi connectivity index (χ3n) is 3.70. The number of hydrogen-bond acceptors (Lipinski definition) is 2. The SMILES string of the molecule is CC(Cl)C(=O)N1CCOCC2CCCCC21. The summed E-state index contributed by atoms with van der Waals surface area (Å²) in [5.74, 6) is 0.597. The van der Waals surface area contributed by atoms with Crippen molar-refractivity contribution < 1.29 is 9.53 Å². The van der Waals surface area contributed by atoms with Crippen LogP contribution in [0.25, 0.3) is 0 Å². The lowest BCUT2D eigenvalue weighted by Gasteiger charge is -2.38. The number of fused-ring (bicyclic) bond motifs is 1. The lowest BCUT2D eigenvalue weighted by Crippen LogP contribution is -2.48. The monoisotopic (exact) mass is 245 g/mol. The normalized spacial score (nSPS) is 32.8. The van der Waals surface area contributed by atoms with E-state index in [2.05, 4.69) is 0 Å². The lowest BCUT2D eigenvalue weighted by atomic mass is 9.84. The second kappa shape index (κ2) is 5.37. The van der Waals surface area contributed by atoms with Crippen LogP contribution in [0.4, 0.5) is 0 Å². The summed E-state index contributed by atoms with van der Waals surface area (Å²) in [4.78, 5) is 14.0. The van der Waals surface area contributed by atoms with Gasteiger partial charge >= 0.3 is 0 Å². The Morgan fingerprint density at radius 1 is 1.44 bits per heavy atom. The van der Waals surface area contributed by atoms with Gasteiger partial charge < -0.3 is 9.64 Å². The maximum Gasteiger partial charge on any atom is 0.240 e. The minimum atomic E-state index is -0.416. The van der Waals surface area contributed by atoms with Gasteiger partial charge in [0.2, 0.25) is 5.91 Å². The lowest BCUT2D eigenvalue weighted by molar-refractivity contribution is -0.134. The predicted octanol–water partition coefficient (Wildman–Crippen LogP) is 2.03. The summed E-state index contributed by atoms with van der Waals surface area (Å²) in [6, 6.07) is 0.366. The zero-order valence-electron chi connectivity index (χ0n) is 9.82. The van der Waals surface area contributed by atoms with E-state index in [1.54, 1.807) is 6.92 Å². The van der Waals surface area contributed by atoms with E-state index in [1.807, 2.05) is 4.90 Å². The Morgan fingerprint density at radius 2 is 2.19 bits per heavy atom. The van der Waals surface area contributed by atoms with Crippen LogP contribution in [-0.2, 0) is 9.53 Å². The van der Waals surface area contributed by atoms with Gasteiger partial charge in [-0.05, 0) is 19.8 Å². The summed E-state index contributed by atoms with van der Waals surface area (Å²) in [6.07, 6.45) is 4.79. The molecular formula is C12H20ClNO2. The summed E-state index contributed by atoms with van der Waals surface area (Å²) in [7, 11) is 0. The minimum absolute atomic E-state index is 0.0732. The predicted molar refractivity (Wildman–Crippen MR) is 63.6 cm³/mol. The number of nitrogens with zero attached hydrogens (tertiary/aromatic N) is 1. The van der Waals surface area contributed by atoms with Crippen LogP contribution < -0.4 is 0 Å². The zero-order chi connectivity index (χ0) is 11.5. The highest BCUT2D eigenvalue weighted by Crippen LogP contribution is 2.31. The third-order valence-corrected chi connectivity index (χ3v) is 3.89. The van der Waals surface area contributed by atoms with E-state index in [4.69, 9.17) is 16.3 Å². The summed E-state index contributed by atoms with van der Waals surface area (Å²) >= 11 is 5.91. The van der Waals surface area contributed by atoms with Crippen molar-refractivity contribution in [1.29, 1.82) is 0 Å². The van der Waals surface area contributed by atoms with Crippen LogP contribution >= 0.6 is 11.6 Å². The fourth-order valence-corrected chi connectivity index (χ4v) is 2.98. The molecule has 1 saturated heterocycles. The van der Waals surface area contributed by atoms with E-state index < -0.39 is 5.38 Å². The van der Waals surface area contributed by atoms with Gasteiger partial charge in [-0.15, -0.1) is 11.6 Å². The first kappa shape index (κ1) is 12.2. The number of amides is 1. The Bertz CT molecular complexity index is 257. The number of halogens is 1. The van der Waals surface area contributed by atoms with Crippen LogP contribution in [0.3, 0.4) is 0 Å². The molecule has 2 rings (SSSR count). The molecule has 92 valence electrons. The maximum atomic E-state index is 12.0. The van der Waals surface area contributed by atoms with Crippen molar-refractivity contribution in [3.63, 3.8) is 0 Å². The van der Waals surface area contributed by atoms with Crippen molar-refractivity contribution in [2.45, 2.75) is 44.0 Å². The Hall–Kier alpha value is -0.280. The van der Waals surface area contributed by atoms with Gasteiger partial charge in [-0.1, -0.05) is 12.8 Å². The first-order chi connectivity index (χ1) is 7.70. The molecule has 3 atom stereocenters. The highest BCUT2D eigenvalue weighted by atomic mass is 35.5. The van der Waals surface area contributed by atoms with Crippen molar-refractivity contribution in [1.82, 2.24) is 4.90 Å². The summed E-state index contributed by atoms with van der Waals surface area (Å²) < 4.78 is 5.59. The fraction of sp³-hybridized carbons (Fsp3) is 0.917. The highest BCUT2D eigenvalue weighted by molar-refractivity contribution is 6.30. The Labute approximate surface area is 102 Å². The Kier molecular flexibility index (Phi) is 4.09. The number of hydrogen-bond donors (Lipinski definition) is 0. The molecule has 0 aromatic rings. The summed E-state index contributed by atoms with van der Waals surface area (Å²) in [5, 5.41) is -0.416. The second-order valence-electron chi connectivity index (χ2n) is 4.83. The van der Waals surface area contributed by atoms with Crippen LogP contribution in [0.15, 0.2) is 0 Å². The van der Waals surface area contributed by atoms with Gasteiger partial charge in [0.1, 0.15) is 5.38 Å². The van der Waals surface area contributed by atoms with Gasteiger partial charge in [-0.3, -0.25) is 4.79 Å². The van der Waals surface area contributed by atoms with E-state index >= 15 is 0 Å². The molecule has 1 saturated carbocycles. The molecule has 2 aliphatic rings. The van der Waals surface area contributed by atoms with E-state index in [1.165, 1.54) is 19.3 Å². The molecule has 1 amide bonds. The topological polar surface area (TPSA) is 29.5 Å². The molecule has 2 fully saturated rings. The Morgan fingerprint density at radius 3 is 2.94 bits per heavy atom. The second-order valence-corrected chi connectivity index (χ2v) is 5.49. The van der Waals surface area contributed by atoms with Gasteiger partial charge in [-0.25, -0.2) is 0 Å². The van der Waals surface area contributed by atoms with E-state index in [0.717, 1.165) is 13.0 Å². The molecule has 1 aliphatic carbocycles. The van der Waals surface area contributed by atoms with Gasteiger partial charge in [0, 0.05) is 18.5 Å². The molecule has 1 heterocycles. The first-order valence-electron chi connectivity index (χ1n) is 6.22. The van der Waals surface area contributed by atoms with Crippen molar-refractivity contribution in [3.05, 3.63) is 0 Å². The average molecular weight is 246 g/mol. The molecule has 0 spiro atoms. The molecule has 1 aliphatic heterocycles. The van der Waals surface area contributed by atoms with Crippen LogP contribution in [0, 0.1) is 5.92 Å². The first-order valence-corrected chi connectivity index (χ1v) is 6.66. The molecule has 0 bridgehead atoms. The highest BCUT2D eigenvalue weighted by Gasteiger charge is 2.35. The molecule has 3 unspecified atom stereocenters.